The molecule has 1 fully saturated rings. The molecule has 3 rings (SSSR count). The summed E-state index contributed by atoms with van der Waals surface area (Å²) in [4.78, 5) is 6.62. The van der Waals surface area contributed by atoms with E-state index in [-0.39, 0.29) is 0 Å². The predicted octanol–water partition coefficient (Wildman–Crippen LogP) is 2.67. The van der Waals surface area contributed by atoms with Crippen LogP contribution in [0.3, 0.4) is 0 Å². The van der Waals surface area contributed by atoms with E-state index >= 15 is 0 Å². The van der Waals surface area contributed by atoms with Crippen molar-refractivity contribution in [3.8, 4) is 5.75 Å². The molecular formula is C17H23N3O. The van der Waals surface area contributed by atoms with Crippen molar-refractivity contribution in [2.24, 2.45) is 5.92 Å². The Bertz CT molecular complexity index is 504. The number of para-hydroxylation sites is 1. The van der Waals surface area contributed by atoms with E-state index in [1.807, 2.05) is 49.1 Å². The van der Waals surface area contributed by atoms with Gasteiger partial charge in [0.2, 0.25) is 0 Å². The number of nitrogens with zero attached hydrogens (tertiary/aromatic N) is 3. The Labute approximate surface area is 126 Å². The van der Waals surface area contributed by atoms with E-state index in [4.69, 9.17) is 4.74 Å². The zero-order valence-corrected chi connectivity index (χ0v) is 12.4. The molecule has 0 unspecified atom stereocenters. The number of likely N-dealkylation sites (tertiary alicyclic amines) is 1. The Hall–Kier alpha value is -1.81. The molecule has 1 aliphatic rings. The van der Waals surface area contributed by atoms with Gasteiger partial charge in [0.25, 0.3) is 0 Å². The van der Waals surface area contributed by atoms with Crippen LogP contribution in [0, 0.1) is 5.92 Å². The van der Waals surface area contributed by atoms with Gasteiger partial charge in [-0.1, -0.05) is 18.2 Å². The highest BCUT2D eigenvalue weighted by Crippen LogP contribution is 2.19. The Morgan fingerprint density at radius 2 is 1.90 bits per heavy atom. The van der Waals surface area contributed by atoms with Crippen LogP contribution >= 0.6 is 0 Å². The van der Waals surface area contributed by atoms with Gasteiger partial charge in [-0.15, -0.1) is 0 Å². The highest BCUT2D eigenvalue weighted by Gasteiger charge is 2.19. The van der Waals surface area contributed by atoms with Crippen molar-refractivity contribution in [3.05, 3.63) is 49.1 Å². The number of imidazole rings is 1. The van der Waals surface area contributed by atoms with E-state index in [2.05, 4.69) is 14.5 Å². The zero-order chi connectivity index (χ0) is 14.3. The summed E-state index contributed by atoms with van der Waals surface area (Å²) in [6.07, 6.45) is 8.22. The average Bonchev–Trinajstić information content (AvgIpc) is 3.06. The molecule has 2 heterocycles. The van der Waals surface area contributed by atoms with Gasteiger partial charge in [-0.3, -0.25) is 0 Å². The molecule has 1 aromatic carbocycles. The fourth-order valence-corrected chi connectivity index (χ4v) is 2.78. The molecule has 0 bridgehead atoms. The molecule has 0 radical (unpaired) electrons. The largest absolute Gasteiger partial charge is 0.493 e. The van der Waals surface area contributed by atoms with Crippen LogP contribution in [0.25, 0.3) is 0 Å². The molecule has 112 valence electrons. The minimum Gasteiger partial charge on any atom is -0.493 e. The van der Waals surface area contributed by atoms with E-state index in [0.717, 1.165) is 25.4 Å². The van der Waals surface area contributed by atoms with Crippen LogP contribution in [0.4, 0.5) is 0 Å². The fourth-order valence-electron chi connectivity index (χ4n) is 2.78. The molecule has 21 heavy (non-hydrogen) atoms. The van der Waals surface area contributed by atoms with Crippen molar-refractivity contribution in [3.63, 3.8) is 0 Å². The second-order valence-corrected chi connectivity index (χ2v) is 5.71. The number of benzene rings is 1. The third-order valence-electron chi connectivity index (χ3n) is 4.17. The summed E-state index contributed by atoms with van der Waals surface area (Å²) in [6.45, 7) is 5.35. The minimum absolute atomic E-state index is 0.690. The summed E-state index contributed by atoms with van der Waals surface area (Å²) in [7, 11) is 0. The van der Waals surface area contributed by atoms with Crippen LogP contribution in [0.5, 0.6) is 5.75 Å². The van der Waals surface area contributed by atoms with Crippen molar-refractivity contribution in [2.45, 2.75) is 19.4 Å². The molecule has 0 spiro atoms. The summed E-state index contributed by atoms with van der Waals surface area (Å²) in [5.74, 6) is 1.68. The molecule has 4 heteroatoms. The number of hydrogen-bond acceptors (Lipinski definition) is 3. The molecule has 0 N–H and O–H groups in total. The first-order valence-electron chi connectivity index (χ1n) is 7.76. The predicted molar refractivity (Wildman–Crippen MR) is 83.3 cm³/mol. The maximum atomic E-state index is 5.87. The lowest BCUT2D eigenvalue weighted by Gasteiger charge is -2.31. The maximum absolute atomic E-state index is 5.87. The lowest BCUT2D eigenvalue weighted by molar-refractivity contribution is 0.138. The van der Waals surface area contributed by atoms with Crippen LogP contribution < -0.4 is 4.74 Å². The molecule has 0 aliphatic carbocycles. The molecule has 0 amide bonds. The van der Waals surface area contributed by atoms with Gasteiger partial charge >= 0.3 is 0 Å². The molecule has 4 nitrogen and oxygen atoms in total. The Morgan fingerprint density at radius 1 is 1.10 bits per heavy atom. The van der Waals surface area contributed by atoms with Crippen LogP contribution in [0.15, 0.2) is 49.1 Å². The molecular weight excluding hydrogens is 262 g/mol. The molecule has 1 saturated heterocycles. The number of rotatable bonds is 6. The Kier molecular flexibility index (Phi) is 4.90. The monoisotopic (exact) mass is 285 g/mol. The number of ether oxygens (including phenoxy) is 1. The quantitative estimate of drug-likeness (QED) is 0.817. The standard InChI is InChI=1S/C17H23N3O/c1-2-4-17(5-3-1)21-14-16-6-9-19(10-7-16)12-13-20-11-8-18-15-20/h1-5,8,11,15-16H,6-7,9-10,12-14H2. The lowest BCUT2D eigenvalue weighted by Crippen LogP contribution is -2.37. The first-order valence-corrected chi connectivity index (χ1v) is 7.76. The van der Waals surface area contributed by atoms with Crippen molar-refractivity contribution < 1.29 is 4.74 Å². The minimum atomic E-state index is 0.690. The Morgan fingerprint density at radius 3 is 2.62 bits per heavy atom. The SMILES string of the molecule is c1ccc(OCC2CCN(CCn3ccnc3)CC2)cc1. The Balaban J connectivity index is 1.35. The van der Waals surface area contributed by atoms with Gasteiger partial charge in [0.1, 0.15) is 5.75 Å². The van der Waals surface area contributed by atoms with Crippen LogP contribution in [0.2, 0.25) is 0 Å². The summed E-state index contributed by atoms with van der Waals surface area (Å²) in [5, 5.41) is 0. The van der Waals surface area contributed by atoms with Crippen molar-refractivity contribution >= 4 is 0 Å². The van der Waals surface area contributed by atoms with E-state index < -0.39 is 0 Å². The van der Waals surface area contributed by atoms with Gasteiger partial charge in [-0.05, 0) is 44.0 Å². The number of aromatic nitrogens is 2. The van der Waals surface area contributed by atoms with Gasteiger partial charge < -0.3 is 14.2 Å². The van der Waals surface area contributed by atoms with E-state index in [1.54, 1.807) is 0 Å². The molecule has 1 aliphatic heterocycles. The summed E-state index contributed by atoms with van der Waals surface area (Å²) in [5.41, 5.74) is 0. The summed E-state index contributed by atoms with van der Waals surface area (Å²) >= 11 is 0. The second-order valence-electron chi connectivity index (χ2n) is 5.71. The fraction of sp³-hybridized carbons (Fsp3) is 0.471. The zero-order valence-electron chi connectivity index (χ0n) is 12.4. The third-order valence-corrected chi connectivity index (χ3v) is 4.17. The second kappa shape index (κ2) is 7.27. The van der Waals surface area contributed by atoms with Gasteiger partial charge in [0, 0.05) is 25.5 Å². The van der Waals surface area contributed by atoms with Crippen molar-refractivity contribution in [1.82, 2.24) is 14.5 Å². The first kappa shape index (κ1) is 14.1. The van der Waals surface area contributed by atoms with Gasteiger partial charge in [-0.25, -0.2) is 4.98 Å². The van der Waals surface area contributed by atoms with Crippen LogP contribution in [-0.4, -0.2) is 40.7 Å². The van der Waals surface area contributed by atoms with E-state index in [9.17, 15) is 0 Å². The maximum Gasteiger partial charge on any atom is 0.119 e. The van der Waals surface area contributed by atoms with Gasteiger partial charge in [0.05, 0.1) is 12.9 Å². The highest BCUT2D eigenvalue weighted by atomic mass is 16.5. The summed E-state index contributed by atoms with van der Waals surface area (Å²) < 4.78 is 8.01. The molecule has 2 aromatic rings. The molecule has 1 aromatic heterocycles. The summed E-state index contributed by atoms with van der Waals surface area (Å²) in [6, 6.07) is 10.1. The van der Waals surface area contributed by atoms with Gasteiger partial charge in [0.15, 0.2) is 0 Å². The van der Waals surface area contributed by atoms with Crippen molar-refractivity contribution in [2.75, 3.05) is 26.2 Å². The lowest BCUT2D eigenvalue weighted by atomic mass is 9.98. The molecule has 0 saturated carbocycles. The van der Waals surface area contributed by atoms with Crippen LogP contribution in [-0.2, 0) is 6.54 Å². The normalized spacial score (nSPS) is 17.0. The number of piperidine rings is 1. The topological polar surface area (TPSA) is 30.3 Å². The van der Waals surface area contributed by atoms with E-state index in [1.165, 1.54) is 25.9 Å². The van der Waals surface area contributed by atoms with Crippen LogP contribution in [0.1, 0.15) is 12.8 Å². The smallest absolute Gasteiger partial charge is 0.119 e. The van der Waals surface area contributed by atoms with E-state index in [0.29, 0.717) is 5.92 Å². The van der Waals surface area contributed by atoms with Gasteiger partial charge in [-0.2, -0.15) is 0 Å². The third kappa shape index (κ3) is 4.33. The number of hydrogen-bond donors (Lipinski definition) is 0. The van der Waals surface area contributed by atoms with Crippen molar-refractivity contribution in [1.29, 1.82) is 0 Å². The molecule has 0 atom stereocenters. The highest BCUT2D eigenvalue weighted by molar-refractivity contribution is 5.20. The first-order chi connectivity index (χ1) is 10.4. The average molecular weight is 285 g/mol.